The molecule has 1 saturated heterocycles. The van der Waals surface area contributed by atoms with Gasteiger partial charge in [0.15, 0.2) is 9.84 Å². The van der Waals surface area contributed by atoms with Crippen LogP contribution in [0.1, 0.15) is 36.7 Å². The number of rotatable bonds is 5. The maximum Gasteiger partial charge on any atom is 0.223 e. The van der Waals surface area contributed by atoms with E-state index < -0.39 is 9.84 Å². The van der Waals surface area contributed by atoms with Gasteiger partial charge < -0.3 is 10.2 Å². The SMILES string of the molecule is CC(C)CN1C[C@H]2c3nc(NCc4ccccn4)ncc3CS(=O)(=O)[C@H]2C1. The Balaban J connectivity index is 1.58. The lowest BCUT2D eigenvalue weighted by Crippen LogP contribution is -2.35. The molecular formula is C19H25N5O2S. The number of anilines is 1. The molecular weight excluding hydrogens is 362 g/mol. The van der Waals surface area contributed by atoms with Gasteiger partial charge >= 0.3 is 0 Å². The molecule has 0 aliphatic carbocycles. The third-order valence-electron chi connectivity index (χ3n) is 5.19. The summed E-state index contributed by atoms with van der Waals surface area (Å²) >= 11 is 0. The quantitative estimate of drug-likeness (QED) is 0.837. The minimum absolute atomic E-state index is 0.0412. The Bertz CT molecular complexity index is 917. The molecule has 1 fully saturated rings. The average molecular weight is 388 g/mol. The highest BCUT2D eigenvalue weighted by atomic mass is 32.2. The zero-order valence-electron chi connectivity index (χ0n) is 15.7. The van der Waals surface area contributed by atoms with E-state index in [2.05, 4.69) is 34.0 Å². The van der Waals surface area contributed by atoms with E-state index >= 15 is 0 Å². The molecule has 4 rings (SSSR count). The van der Waals surface area contributed by atoms with Crippen molar-refractivity contribution >= 4 is 15.8 Å². The number of hydrogen-bond acceptors (Lipinski definition) is 7. The van der Waals surface area contributed by atoms with Crippen LogP contribution in [0.5, 0.6) is 0 Å². The predicted octanol–water partition coefficient (Wildman–Crippen LogP) is 1.84. The Hall–Kier alpha value is -2.06. The first kappa shape index (κ1) is 18.3. The van der Waals surface area contributed by atoms with Gasteiger partial charge in [-0.15, -0.1) is 0 Å². The second-order valence-electron chi connectivity index (χ2n) is 7.84. The fourth-order valence-electron chi connectivity index (χ4n) is 4.08. The van der Waals surface area contributed by atoms with Crippen LogP contribution in [0.2, 0.25) is 0 Å². The number of sulfone groups is 1. The van der Waals surface area contributed by atoms with E-state index in [1.54, 1.807) is 12.4 Å². The number of nitrogens with zero attached hydrogens (tertiary/aromatic N) is 4. The van der Waals surface area contributed by atoms with E-state index in [9.17, 15) is 8.42 Å². The molecule has 2 aliphatic rings. The van der Waals surface area contributed by atoms with Crippen LogP contribution in [0.25, 0.3) is 0 Å². The number of pyridine rings is 1. The second kappa shape index (κ2) is 7.16. The summed E-state index contributed by atoms with van der Waals surface area (Å²) in [5, 5.41) is 2.85. The zero-order valence-corrected chi connectivity index (χ0v) is 16.5. The van der Waals surface area contributed by atoms with Crippen molar-refractivity contribution in [2.75, 3.05) is 25.0 Å². The van der Waals surface area contributed by atoms with Crippen molar-refractivity contribution in [1.82, 2.24) is 19.9 Å². The topological polar surface area (TPSA) is 88.1 Å². The van der Waals surface area contributed by atoms with Gasteiger partial charge in [0, 0.05) is 43.5 Å². The van der Waals surface area contributed by atoms with Crippen molar-refractivity contribution in [3.8, 4) is 0 Å². The maximum absolute atomic E-state index is 12.7. The molecule has 0 saturated carbocycles. The summed E-state index contributed by atoms with van der Waals surface area (Å²) < 4.78 is 25.5. The van der Waals surface area contributed by atoms with E-state index in [0.717, 1.165) is 30.0 Å². The number of fused-ring (bicyclic) bond motifs is 3. The molecule has 144 valence electrons. The molecule has 1 N–H and O–H groups in total. The van der Waals surface area contributed by atoms with Crippen molar-refractivity contribution in [2.45, 2.75) is 37.3 Å². The molecule has 2 aliphatic heterocycles. The summed E-state index contributed by atoms with van der Waals surface area (Å²) in [5.41, 5.74) is 2.54. The summed E-state index contributed by atoms with van der Waals surface area (Å²) in [6, 6.07) is 5.76. The molecule has 27 heavy (non-hydrogen) atoms. The lowest BCUT2D eigenvalue weighted by atomic mass is 10.00. The number of nitrogens with one attached hydrogen (secondary N) is 1. The van der Waals surface area contributed by atoms with E-state index in [4.69, 9.17) is 4.98 Å². The van der Waals surface area contributed by atoms with Crippen LogP contribution >= 0.6 is 0 Å². The second-order valence-corrected chi connectivity index (χ2v) is 10.1. The Morgan fingerprint density at radius 2 is 2.11 bits per heavy atom. The molecule has 0 aromatic carbocycles. The molecule has 0 amide bonds. The fourth-order valence-corrected chi connectivity index (χ4v) is 6.10. The molecule has 8 heteroatoms. The standard InChI is InChI=1S/C19H25N5O2S/c1-13(2)9-24-10-16-17(11-24)27(25,26)12-14-7-21-19(23-18(14)16)22-8-15-5-3-4-6-20-15/h3-7,13,16-17H,8-12H2,1-2H3,(H,21,22,23)/t16-,17+/m1/s1. The molecule has 0 unspecified atom stereocenters. The highest BCUT2D eigenvalue weighted by Crippen LogP contribution is 2.39. The summed E-state index contributed by atoms with van der Waals surface area (Å²) in [6.07, 6.45) is 3.42. The molecule has 2 aromatic heterocycles. The van der Waals surface area contributed by atoms with Crippen LogP contribution in [-0.4, -0.2) is 53.2 Å². The van der Waals surface area contributed by atoms with Gasteiger partial charge in [-0.1, -0.05) is 19.9 Å². The summed E-state index contributed by atoms with van der Waals surface area (Å²) in [7, 11) is -3.16. The Kier molecular flexibility index (Phi) is 4.86. The normalized spacial score (nSPS) is 23.8. The van der Waals surface area contributed by atoms with Gasteiger partial charge in [0.2, 0.25) is 5.95 Å². The van der Waals surface area contributed by atoms with Crippen molar-refractivity contribution < 1.29 is 8.42 Å². The van der Waals surface area contributed by atoms with Crippen LogP contribution in [0.15, 0.2) is 30.6 Å². The van der Waals surface area contributed by atoms with Crippen LogP contribution in [-0.2, 0) is 22.1 Å². The first-order chi connectivity index (χ1) is 12.9. The zero-order chi connectivity index (χ0) is 19.0. The molecule has 2 atom stereocenters. The molecule has 2 aromatic rings. The largest absolute Gasteiger partial charge is 0.349 e. The Morgan fingerprint density at radius 1 is 1.26 bits per heavy atom. The third-order valence-corrected chi connectivity index (χ3v) is 7.30. The Labute approximate surface area is 160 Å². The van der Waals surface area contributed by atoms with Crippen molar-refractivity contribution in [2.24, 2.45) is 5.92 Å². The van der Waals surface area contributed by atoms with Crippen LogP contribution in [0, 0.1) is 5.92 Å². The summed E-state index contributed by atoms with van der Waals surface area (Å²) in [6.45, 7) is 7.11. The van der Waals surface area contributed by atoms with Gasteiger partial charge in [-0.2, -0.15) is 0 Å². The summed E-state index contributed by atoms with van der Waals surface area (Å²) in [5.74, 6) is 1.00. The van der Waals surface area contributed by atoms with Crippen molar-refractivity contribution in [1.29, 1.82) is 0 Å². The van der Waals surface area contributed by atoms with Crippen LogP contribution in [0.3, 0.4) is 0 Å². The first-order valence-electron chi connectivity index (χ1n) is 9.36. The molecule has 4 heterocycles. The van der Waals surface area contributed by atoms with Gasteiger partial charge in [0.1, 0.15) is 0 Å². The monoisotopic (exact) mass is 387 g/mol. The van der Waals surface area contributed by atoms with Crippen molar-refractivity contribution in [3.63, 3.8) is 0 Å². The molecule has 0 radical (unpaired) electrons. The van der Waals surface area contributed by atoms with E-state index in [-0.39, 0.29) is 16.9 Å². The Morgan fingerprint density at radius 3 is 2.85 bits per heavy atom. The maximum atomic E-state index is 12.7. The van der Waals surface area contributed by atoms with Gasteiger partial charge in [-0.05, 0) is 18.1 Å². The number of likely N-dealkylation sites (tertiary alicyclic amines) is 1. The van der Waals surface area contributed by atoms with E-state index in [0.29, 0.717) is 25.0 Å². The minimum Gasteiger partial charge on any atom is -0.349 e. The van der Waals surface area contributed by atoms with Crippen molar-refractivity contribution in [3.05, 3.63) is 47.5 Å². The lowest BCUT2D eigenvalue weighted by Gasteiger charge is -2.26. The lowest BCUT2D eigenvalue weighted by molar-refractivity contribution is 0.294. The average Bonchev–Trinajstić information content (AvgIpc) is 3.05. The molecule has 0 spiro atoms. The minimum atomic E-state index is -3.16. The molecule has 0 bridgehead atoms. The highest BCUT2D eigenvalue weighted by Gasteiger charge is 2.47. The highest BCUT2D eigenvalue weighted by molar-refractivity contribution is 7.91. The number of hydrogen-bond donors (Lipinski definition) is 1. The fraction of sp³-hybridized carbons (Fsp3) is 0.526. The van der Waals surface area contributed by atoms with Crippen LogP contribution in [0.4, 0.5) is 5.95 Å². The van der Waals surface area contributed by atoms with E-state index in [1.807, 2.05) is 18.2 Å². The first-order valence-corrected chi connectivity index (χ1v) is 11.1. The smallest absolute Gasteiger partial charge is 0.223 e. The van der Waals surface area contributed by atoms with Gasteiger partial charge in [-0.25, -0.2) is 18.4 Å². The van der Waals surface area contributed by atoms with Gasteiger partial charge in [-0.3, -0.25) is 4.98 Å². The molecule has 7 nitrogen and oxygen atoms in total. The van der Waals surface area contributed by atoms with Gasteiger partial charge in [0.05, 0.1) is 28.9 Å². The van der Waals surface area contributed by atoms with Crippen LogP contribution < -0.4 is 5.32 Å². The third kappa shape index (κ3) is 3.82. The summed E-state index contributed by atoms with van der Waals surface area (Å²) in [4.78, 5) is 15.6. The van der Waals surface area contributed by atoms with Gasteiger partial charge in [0.25, 0.3) is 0 Å². The van der Waals surface area contributed by atoms with E-state index in [1.165, 1.54) is 0 Å². The number of aromatic nitrogens is 3. The predicted molar refractivity (Wildman–Crippen MR) is 104 cm³/mol.